The Kier molecular flexibility index (Phi) is 6.75. The summed E-state index contributed by atoms with van der Waals surface area (Å²) in [5.41, 5.74) is -0.244. The molecule has 108 valence electrons. The first-order chi connectivity index (χ1) is 8.97. The highest BCUT2D eigenvalue weighted by atomic mass is 32.2. The van der Waals surface area contributed by atoms with Gasteiger partial charge in [0, 0.05) is 12.6 Å². The molecule has 1 aromatic rings. The monoisotopic (exact) mass is 289 g/mol. The van der Waals surface area contributed by atoms with Crippen molar-refractivity contribution in [1.82, 2.24) is 4.90 Å². The van der Waals surface area contributed by atoms with Gasteiger partial charge in [0.25, 0.3) is 0 Å². The lowest BCUT2D eigenvalue weighted by Gasteiger charge is -2.27. The molecule has 2 unspecified atom stereocenters. The molecule has 0 bridgehead atoms. The molecule has 1 aromatic carbocycles. The van der Waals surface area contributed by atoms with Crippen LogP contribution in [0.25, 0.3) is 0 Å². The van der Waals surface area contributed by atoms with Crippen LogP contribution in [0.15, 0.2) is 18.2 Å². The van der Waals surface area contributed by atoms with Crippen LogP contribution in [0.5, 0.6) is 0 Å². The van der Waals surface area contributed by atoms with Gasteiger partial charge in [-0.1, -0.05) is 6.07 Å². The molecule has 0 aliphatic heterocycles. The molecular weight excluding hydrogens is 268 g/mol. The third kappa shape index (κ3) is 4.75. The maximum absolute atomic E-state index is 13.5. The van der Waals surface area contributed by atoms with Crippen molar-refractivity contribution >= 4 is 11.8 Å². The van der Waals surface area contributed by atoms with Crippen LogP contribution in [0.4, 0.5) is 8.78 Å². The lowest BCUT2D eigenvalue weighted by atomic mass is 10.1. The number of likely N-dealkylation sites (N-methyl/N-ethyl adjacent to an activating group) is 1. The van der Waals surface area contributed by atoms with Gasteiger partial charge >= 0.3 is 0 Å². The van der Waals surface area contributed by atoms with Crippen LogP contribution in [0.2, 0.25) is 0 Å². The Hall–Kier alpha value is -0.650. The molecule has 0 amide bonds. The molecule has 0 aliphatic carbocycles. The molecule has 2 atom stereocenters. The molecule has 0 spiro atoms. The quantitative estimate of drug-likeness (QED) is 0.834. The van der Waals surface area contributed by atoms with Crippen molar-refractivity contribution in [2.75, 3.05) is 25.6 Å². The number of nitrogens with zero attached hydrogens (tertiary/aromatic N) is 1. The van der Waals surface area contributed by atoms with Crippen LogP contribution in [-0.4, -0.2) is 41.6 Å². The molecule has 1 rings (SSSR count). The SMILES string of the molecule is CSCCC(C)N(C)CC(O)c1c(F)cccc1F. The fourth-order valence-electron chi connectivity index (χ4n) is 1.88. The first kappa shape index (κ1) is 16.4. The van der Waals surface area contributed by atoms with E-state index >= 15 is 0 Å². The average Bonchev–Trinajstić information content (AvgIpc) is 2.35. The van der Waals surface area contributed by atoms with E-state index in [2.05, 4.69) is 0 Å². The van der Waals surface area contributed by atoms with Gasteiger partial charge in [-0.15, -0.1) is 0 Å². The Bertz CT molecular complexity index is 383. The van der Waals surface area contributed by atoms with Crippen molar-refractivity contribution in [3.8, 4) is 0 Å². The zero-order valence-corrected chi connectivity index (χ0v) is 12.4. The third-order valence-corrected chi connectivity index (χ3v) is 3.93. The highest BCUT2D eigenvalue weighted by Crippen LogP contribution is 2.22. The number of rotatable bonds is 7. The molecule has 1 N–H and O–H groups in total. The van der Waals surface area contributed by atoms with Gasteiger partial charge in [0.15, 0.2) is 0 Å². The summed E-state index contributed by atoms with van der Waals surface area (Å²) in [5, 5.41) is 10.0. The standard InChI is InChI=1S/C14H21F2NOS/c1-10(7-8-19-3)17(2)9-13(18)14-11(15)5-4-6-12(14)16/h4-6,10,13,18H,7-9H2,1-3H3. The molecule has 5 heteroatoms. The maximum Gasteiger partial charge on any atom is 0.131 e. The molecule has 0 fully saturated rings. The molecule has 0 aromatic heterocycles. The third-order valence-electron chi connectivity index (χ3n) is 3.29. The van der Waals surface area contributed by atoms with Crippen molar-refractivity contribution in [3.05, 3.63) is 35.4 Å². The average molecular weight is 289 g/mol. The van der Waals surface area contributed by atoms with E-state index in [4.69, 9.17) is 0 Å². The molecule has 19 heavy (non-hydrogen) atoms. The second-order valence-electron chi connectivity index (χ2n) is 4.72. The predicted molar refractivity (Wildman–Crippen MR) is 76.4 cm³/mol. The molecule has 0 radical (unpaired) electrons. The fourth-order valence-corrected chi connectivity index (χ4v) is 2.46. The van der Waals surface area contributed by atoms with Crippen molar-refractivity contribution in [3.63, 3.8) is 0 Å². The summed E-state index contributed by atoms with van der Waals surface area (Å²) in [6.45, 7) is 2.26. The fraction of sp³-hybridized carbons (Fsp3) is 0.571. The minimum atomic E-state index is -1.15. The van der Waals surface area contributed by atoms with Crippen molar-refractivity contribution < 1.29 is 13.9 Å². The van der Waals surface area contributed by atoms with E-state index in [9.17, 15) is 13.9 Å². The van der Waals surface area contributed by atoms with Crippen molar-refractivity contribution in [2.45, 2.75) is 25.5 Å². The smallest absolute Gasteiger partial charge is 0.131 e. The predicted octanol–water partition coefficient (Wildman–Crippen LogP) is 3.07. The minimum Gasteiger partial charge on any atom is -0.387 e. The Morgan fingerprint density at radius 2 is 1.89 bits per heavy atom. The molecule has 2 nitrogen and oxygen atoms in total. The Morgan fingerprint density at radius 1 is 1.32 bits per heavy atom. The second-order valence-corrected chi connectivity index (χ2v) is 5.71. The van der Waals surface area contributed by atoms with Gasteiger partial charge in [-0.05, 0) is 44.5 Å². The van der Waals surface area contributed by atoms with Crippen LogP contribution >= 0.6 is 11.8 Å². The van der Waals surface area contributed by atoms with Crippen LogP contribution in [-0.2, 0) is 0 Å². The van der Waals surface area contributed by atoms with E-state index < -0.39 is 17.7 Å². The summed E-state index contributed by atoms with van der Waals surface area (Å²) in [7, 11) is 1.85. The van der Waals surface area contributed by atoms with E-state index in [0.717, 1.165) is 12.2 Å². The summed E-state index contributed by atoms with van der Waals surface area (Å²) in [6, 6.07) is 3.89. The maximum atomic E-state index is 13.5. The van der Waals surface area contributed by atoms with E-state index in [1.807, 2.05) is 25.1 Å². The summed E-state index contributed by atoms with van der Waals surface area (Å²) in [4.78, 5) is 1.92. The van der Waals surface area contributed by atoms with Gasteiger partial charge < -0.3 is 10.0 Å². The first-order valence-corrected chi connectivity index (χ1v) is 7.68. The van der Waals surface area contributed by atoms with Crippen LogP contribution in [0, 0.1) is 11.6 Å². The van der Waals surface area contributed by atoms with Gasteiger partial charge in [-0.2, -0.15) is 11.8 Å². The van der Waals surface area contributed by atoms with Crippen molar-refractivity contribution in [2.24, 2.45) is 0 Å². The number of aliphatic hydroxyl groups excluding tert-OH is 1. The molecule has 0 saturated carbocycles. The normalized spacial score (nSPS) is 14.7. The van der Waals surface area contributed by atoms with Crippen LogP contribution < -0.4 is 0 Å². The molecular formula is C14H21F2NOS. The summed E-state index contributed by atoms with van der Waals surface area (Å²) < 4.78 is 27.1. The van der Waals surface area contributed by atoms with E-state index in [1.54, 1.807) is 11.8 Å². The lowest BCUT2D eigenvalue weighted by molar-refractivity contribution is 0.101. The van der Waals surface area contributed by atoms with Gasteiger partial charge in [0.2, 0.25) is 0 Å². The topological polar surface area (TPSA) is 23.5 Å². The number of aliphatic hydroxyl groups is 1. The van der Waals surface area contributed by atoms with Gasteiger partial charge in [0.1, 0.15) is 11.6 Å². The lowest BCUT2D eigenvalue weighted by Crippen LogP contribution is -2.33. The Balaban J connectivity index is 2.66. The number of benzene rings is 1. The largest absolute Gasteiger partial charge is 0.387 e. The number of halogens is 2. The molecule has 0 saturated heterocycles. The highest BCUT2D eigenvalue weighted by Gasteiger charge is 2.21. The molecule has 0 heterocycles. The van der Waals surface area contributed by atoms with E-state index in [-0.39, 0.29) is 18.2 Å². The number of thioether (sulfide) groups is 1. The number of hydrogen-bond acceptors (Lipinski definition) is 3. The second kappa shape index (κ2) is 7.82. The minimum absolute atomic E-state index is 0.216. The molecule has 0 aliphatic rings. The zero-order valence-electron chi connectivity index (χ0n) is 11.6. The van der Waals surface area contributed by atoms with Crippen molar-refractivity contribution in [1.29, 1.82) is 0 Å². The Morgan fingerprint density at radius 3 is 2.42 bits per heavy atom. The van der Waals surface area contributed by atoms with Gasteiger partial charge in [-0.25, -0.2) is 8.78 Å². The number of hydrogen-bond donors (Lipinski definition) is 1. The van der Waals surface area contributed by atoms with Crippen LogP contribution in [0.3, 0.4) is 0 Å². The first-order valence-electron chi connectivity index (χ1n) is 6.28. The van der Waals surface area contributed by atoms with Crippen LogP contribution in [0.1, 0.15) is 25.0 Å². The van der Waals surface area contributed by atoms with E-state index in [1.165, 1.54) is 18.2 Å². The van der Waals surface area contributed by atoms with Gasteiger partial charge in [-0.3, -0.25) is 0 Å². The zero-order chi connectivity index (χ0) is 14.4. The Labute approximate surface area is 117 Å². The summed E-state index contributed by atoms with van der Waals surface area (Å²) in [5.74, 6) is -0.370. The van der Waals surface area contributed by atoms with E-state index in [0.29, 0.717) is 0 Å². The summed E-state index contributed by atoms with van der Waals surface area (Å²) >= 11 is 1.76. The summed E-state index contributed by atoms with van der Waals surface area (Å²) in [6.07, 6.45) is 1.86. The highest BCUT2D eigenvalue weighted by molar-refractivity contribution is 7.98. The van der Waals surface area contributed by atoms with Gasteiger partial charge in [0.05, 0.1) is 11.7 Å².